The summed E-state index contributed by atoms with van der Waals surface area (Å²) in [7, 11) is 0. The summed E-state index contributed by atoms with van der Waals surface area (Å²) < 4.78 is 1.87. The first-order chi connectivity index (χ1) is 9.15. The van der Waals surface area contributed by atoms with Gasteiger partial charge in [0, 0.05) is 10.7 Å². The van der Waals surface area contributed by atoms with Crippen LogP contribution < -0.4 is 5.32 Å². The molecule has 0 bridgehead atoms. The van der Waals surface area contributed by atoms with E-state index >= 15 is 0 Å². The maximum Gasteiger partial charge on any atom is 0.140 e. The highest BCUT2D eigenvalue weighted by molar-refractivity contribution is 9.11. The third-order valence-corrected chi connectivity index (χ3v) is 4.71. The van der Waals surface area contributed by atoms with Gasteiger partial charge in [-0.1, -0.05) is 24.3 Å². The predicted octanol–water partition coefficient (Wildman–Crippen LogP) is 4.92. The Hall–Kier alpha value is -0.580. The van der Waals surface area contributed by atoms with Crippen LogP contribution in [0.25, 0.3) is 0 Å². The summed E-state index contributed by atoms with van der Waals surface area (Å²) in [5.41, 5.74) is 2.58. The van der Waals surface area contributed by atoms with Crippen LogP contribution in [0.1, 0.15) is 17.2 Å². The smallest absolute Gasteiger partial charge is 0.140 e. The monoisotopic (exact) mass is 400 g/mol. The normalized spacial score (nSPS) is 21.2. The van der Waals surface area contributed by atoms with Gasteiger partial charge < -0.3 is 5.32 Å². The van der Waals surface area contributed by atoms with Gasteiger partial charge in [-0.2, -0.15) is 0 Å². The van der Waals surface area contributed by atoms with Gasteiger partial charge in [-0.25, -0.2) is 4.98 Å². The summed E-state index contributed by atoms with van der Waals surface area (Å²) in [4.78, 5) is 4.39. The summed E-state index contributed by atoms with van der Waals surface area (Å²) in [6.45, 7) is 0. The first-order valence-electron chi connectivity index (χ1n) is 5.94. The maximum atomic E-state index is 6.46. The van der Waals surface area contributed by atoms with Crippen LogP contribution in [0.3, 0.4) is 0 Å². The van der Waals surface area contributed by atoms with Crippen molar-refractivity contribution in [2.45, 2.75) is 17.8 Å². The second-order valence-corrected chi connectivity index (χ2v) is 6.86. The van der Waals surface area contributed by atoms with E-state index < -0.39 is 0 Å². The van der Waals surface area contributed by atoms with Crippen molar-refractivity contribution in [2.75, 3.05) is 5.32 Å². The Labute approximate surface area is 133 Å². The average molecular weight is 403 g/mol. The van der Waals surface area contributed by atoms with E-state index in [-0.39, 0.29) is 11.4 Å². The lowest BCUT2D eigenvalue weighted by Crippen LogP contribution is -2.17. The number of anilines is 1. The number of nitrogens with one attached hydrogen (secondary N) is 1. The molecule has 1 aliphatic carbocycles. The average Bonchev–Trinajstić information content (AvgIpc) is 2.69. The molecule has 2 atom stereocenters. The Balaban J connectivity index is 1.91. The third kappa shape index (κ3) is 2.67. The maximum absolute atomic E-state index is 6.46. The fraction of sp³-hybridized carbons (Fsp3) is 0.214. The van der Waals surface area contributed by atoms with Crippen molar-refractivity contribution in [3.05, 3.63) is 56.6 Å². The van der Waals surface area contributed by atoms with Gasteiger partial charge in [0.05, 0.1) is 15.9 Å². The van der Waals surface area contributed by atoms with Gasteiger partial charge in [0.2, 0.25) is 0 Å². The van der Waals surface area contributed by atoms with Crippen LogP contribution in [-0.2, 0) is 6.42 Å². The lowest BCUT2D eigenvalue weighted by molar-refractivity contribution is 0.766. The number of hydrogen-bond acceptors (Lipinski definition) is 2. The molecule has 0 saturated heterocycles. The number of halogens is 3. The highest BCUT2D eigenvalue weighted by atomic mass is 79.9. The Bertz CT molecular complexity index is 618. The zero-order valence-corrected chi connectivity index (χ0v) is 13.8. The van der Waals surface area contributed by atoms with Crippen molar-refractivity contribution in [2.24, 2.45) is 0 Å². The second kappa shape index (κ2) is 5.43. The molecular formula is C14H11Br2ClN2. The molecule has 0 amide bonds. The topological polar surface area (TPSA) is 24.9 Å². The fourth-order valence-corrected chi connectivity index (χ4v) is 3.85. The van der Waals surface area contributed by atoms with E-state index in [9.17, 15) is 0 Å². The van der Waals surface area contributed by atoms with E-state index in [0.29, 0.717) is 0 Å². The molecule has 1 heterocycles. The predicted molar refractivity (Wildman–Crippen MR) is 85.8 cm³/mol. The number of nitrogens with zero attached hydrogens (tertiary/aromatic N) is 1. The van der Waals surface area contributed by atoms with Crippen molar-refractivity contribution < 1.29 is 0 Å². The van der Waals surface area contributed by atoms with Crippen LogP contribution in [0.15, 0.2) is 45.5 Å². The zero-order chi connectivity index (χ0) is 13.4. The number of pyridine rings is 1. The van der Waals surface area contributed by atoms with Crippen LogP contribution in [-0.4, -0.2) is 10.4 Å². The quantitative estimate of drug-likeness (QED) is 0.721. The third-order valence-electron chi connectivity index (χ3n) is 3.27. The number of hydrogen-bond donors (Lipinski definition) is 1. The van der Waals surface area contributed by atoms with Gasteiger partial charge in [0.25, 0.3) is 0 Å². The second-order valence-electron chi connectivity index (χ2n) is 4.52. The summed E-state index contributed by atoms with van der Waals surface area (Å²) in [6.07, 6.45) is 2.67. The molecule has 19 heavy (non-hydrogen) atoms. The minimum atomic E-state index is 0.0507. The van der Waals surface area contributed by atoms with Crippen LogP contribution in [0.4, 0.5) is 5.82 Å². The molecule has 2 aromatic rings. The highest BCUT2D eigenvalue weighted by Gasteiger charge is 2.31. The molecule has 0 aliphatic heterocycles. The van der Waals surface area contributed by atoms with E-state index in [4.69, 9.17) is 11.6 Å². The van der Waals surface area contributed by atoms with Crippen molar-refractivity contribution in [1.29, 1.82) is 0 Å². The van der Waals surface area contributed by atoms with E-state index in [1.165, 1.54) is 11.1 Å². The molecule has 5 heteroatoms. The van der Waals surface area contributed by atoms with Crippen molar-refractivity contribution in [3.63, 3.8) is 0 Å². The molecule has 0 saturated carbocycles. The summed E-state index contributed by atoms with van der Waals surface area (Å²) in [5, 5.41) is 3.48. The van der Waals surface area contributed by atoms with E-state index in [2.05, 4.69) is 60.4 Å². The molecular weight excluding hydrogens is 391 g/mol. The molecule has 0 fully saturated rings. The minimum absolute atomic E-state index is 0.0507. The first kappa shape index (κ1) is 13.4. The molecule has 2 nitrogen and oxygen atoms in total. The number of alkyl halides is 1. The number of benzene rings is 1. The van der Waals surface area contributed by atoms with Crippen LogP contribution in [0, 0.1) is 0 Å². The van der Waals surface area contributed by atoms with Crippen LogP contribution >= 0.6 is 43.5 Å². The molecule has 1 aliphatic rings. The van der Waals surface area contributed by atoms with Gasteiger partial charge in [-0.05, 0) is 55.5 Å². The van der Waals surface area contributed by atoms with E-state index in [1.807, 2.05) is 12.1 Å². The Morgan fingerprint density at radius 1 is 1.26 bits per heavy atom. The summed E-state index contributed by atoms with van der Waals surface area (Å²) in [6, 6.07) is 10.4. The highest BCUT2D eigenvalue weighted by Crippen LogP contribution is 2.38. The summed E-state index contributed by atoms with van der Waals surface area (Å²) in [5.74, 6) is 0.815. The molecule has 1 aromatic carbocycles. The van der Waals surface area contributed by atoms with Crippen molar-refractivity contribution in [1.82, 2.24) is 4.98 Å². The molecule has 2 unspecified atom stereocenters. The molecule has 0 radical (unpaired) electrons. The number of aromatic nitrogens is 1. The minimum Gasteiger partial charge on any atom is -0.361 e. The molecule has 98 valence electrons. The molecule has 3 rings (SSSR count). The van der Waals surface area contributed by atoms with Crippen LogP contribution in [0.5, 0.6) is 0 Å². The van der Waals surface area contributed by atoms with Gasteiger partial charge in [-0.3, -0.25) is 0 Å². The Kier molecular flexibility index (Phi) is 3.83. The molecule has 1 aromatic heterocycles. The zero-order valence-electron chi connectivity index (χ0n) is 9.91. The lowest BCUT2D eigenvalue weighted by atomic mass is 10.1. The largest absolute Gasteiger partial charge is 0.361 e. The van der Waals surface area contributed by atoms with E-state index in [0.717, 1.165) is 21.2 Å². The SMILES string of the molecule is ClC1Cc2ccccc2C1Nc1ncc(Br)cc1Br. The van der Waals surface area contributed by atoms with Gasteiger partial charge in [0.1, 0.15) is 5.82 Å². The standard InChI is InChI=1S/C14H11Br2ClN2/c15-9-6-11(16)14(18-7-9)19-13-10-4-2-1-3-8(10)5-12(13)17/h1-4,6-7,12-13H,5H2,(H,18,19). The van der Waals surface area contributed by atoms with Gasteiger partial charge >= 0.3 is 0 Å². The molecule has 1 N–H and O–H groups in total. The van der Waals surface area contributed by atoms with Crippen molar-refractivity contribution in [3.8, 4) is 0 Å². The number of fused-ring (bicyclic) bond motifs is 1. The summed E-state index contributed by atoms with van der Waals surface area (Å²) >= 11 is 13.4. The lowest BCUT2D eigenvalue weighted by Gasteiger charge is -2.19. The van der Waals surface area contributed by atoms with Crippen molar-refractivity contribution >= 4 is 49.3 Å². The van der Waals surface area contributed by atoms with E-state index in [1.54, 1.807) is 6.20 Å². The first-order valence-corrected chi connectivity index (χ1v) is 7.97. The Morgan fingerprint density at radius 2 is 2.05 bits per heavy atom. The fourth-order valence-electron chi connectivity index (χ4n) is 2.38. The van der Waals surface area contributed by atoms with Gasteiger partial charge in [-0.15, -0.1) is 11.6 Å². The number of rotatable bonds is 2. The van der Waals surface area contributed by atoms with Crippen LogP contribution in [0.2, 0.25) is 0 Å². The molecule has 0 spiro atoms. The van der Waals surface area contributed by atoms with Gasteiger partial charge in [0.15, 0.2) is 0 Å². The Morgan fingerprint density at radius 3 is 2.84 bits per heavy atom.